The summed E-state index contributed by atoms with van der Waals surface area (Å²) in [5.74, 6) is 0.840. The van der Waals surface area contributed by atoms with Crippen molar-refractivity contribution in [2.24, 2.45) is 0 Å². The molecule has 0 radical (unpaired) electrons. The first kappa shape index (κ1) is 12.8. The van der Waals surface area contributed by atoms with Crippen molar-refractivity contribution >= 4 is 21.7 Å². The zero-order valence-corrected chi connectivity index (χ0v) is 11.6. The topological polar surface area (TPSA) is 44.1 Å². The van der Waals surface area contributed by atoms with E-state index in [0.29, 0.717) is 18.7 Å². The van der Waals surface area contributed by atoms with Gasteiger partial charge in [0, 0.05) is 10.7 Å². The van der Waals surface area contributed by atoms with Crippen LogP contribution in [0, 0.1) is 0 Å². The van der Waals surface area contributed by atoms with Crippen molar-refractivity contribution < 1.29 is 9.53 Å². The van der Waals surface area contributed by atoms with Gasteiger partial charge in [-0.1, -0.05) is 15.9 Å². The lowest BCUT2D eigenvalue weighted by molar-refractivity contribution is 0.101. The summed E-state index contributed by atoms with van der Waals surface area (Å²) in [5.41, 5.74) is 0.624. The first-order valence-electron chi connectivity index (χ1n) is 5.57. The van der Waals surface area contributed by atoms with Crippen LogP contribution in [0.4, 0.5) is 0 Å². The lowest BCUT2D eigenvalue weighted by Crippen LogP contribution is -2.08. The fourth-order valence-electron chi connectivity index (χ4n) is 1.46. The maximum atomic E-state index is 11.1. The van der Waals surface area contributed by atoms with Crippen molar-refractivity contribution in [3.05, 3.63) is 46.7 Å². The number of hydrogen-bond donors (Lipinski definition) is 0. The Morgan fingerprint density at radius 3 is 2.72 bits per heavy atom. The molecular weight excluding hydrogens is 296 g/mol. The van der Waals surface area contributed by atoms with E-state index in [4.69, 9.17) is 4.74 Å². The third kappa shape index (κ3) is 3.43. The number of ether oxygens (including phenoxy) is 1. The Bertz CT molecular complexity index is 534. The van der Waals surface area contributed by atoms with E-state index in [0.717, 1.165) is 10.2 Å². The summed E-state index contributed by atoms with van der Waals surface area (Å²) in [6.45, 7) is 2.66. The highest BCUT2D eigenvalue weighted by Gasteiger charge is 2.02. The molecule has 0 bridgehead atoms. The van der Waals surface area contributed by atoms with Gasteiger partial charge in [-0.3, -0.25) is 9.48 Å². The fourth-order valence-corrected chi connectivity index (χ4v) is 1.72. The van der Waals surface area contributed by atoms with E-state index in [1.165, 1.54) is 6.92 Å². The smallest absolute Gasteiger partial charge is 0.162 e. The molecule has 0 N–H and O–H groups in total. The van der Waals surface area contributed by atoms with Crippen molar-refractivity contribution in [1.82, 2.24) is 9.78 Å². The van der Waals surface area contributed by atoms with Gasteiger partial charge in [0.05, 0.1) is 18.3 Å². The van der Waals surface area contributed by atoms with Crippen molar-refractivity contribution in [3.8, 4) is 5.75 Å². The highest BCUT2D eigenvalue weighted by molar-refractivity contribution is 9.10. The minimum Gasteiger partial charge on any atom is -0.492 e. The van der Waals surface area contributed by atoms with Gasteiger partial charge in [-0.05, 0) is 31.2 Å². The molecule has 0 spiro atoms. The molecule has 1 aromatic carbocycles. The molecule has 0 aliphatic rings. The molecule has 0 unspecified atom stereocenters. The number of rotatable bonds is 5. The summed E-state index contributed by atoms with van der Waals surface area (Å²) in [5, 5.41) is 4.09. The molecule has 2 aromatic rings. The van der Waals surface area contributed by atoms with Crippen LogP contribution in [-0.4, -0.2) is 22.2 Å². The number of halogens is 1. The molecule has 94 valence electrons. The van der Waals surface area contributed by atoms with Gasteiger partial charge < -0.3 is 4.74 Å². The van der Waals surface area contributed by atoms with Crippen LogP contribution in [0.2, 0.25) is 0 Å². The number of hydrogen-bond acceptors (Lipinski definition) is 3. The Labute approximate surface area is 114 Å². The first-order valence-corrected chi connectivity index (χ1v) is 6.36. The number of carbonyl (C=O) groups excluding carboxylic acids is 1. The summed E-state index contributed by atoms with van der Waals surface area (Å²) in [4.78, 5) is 11.1. The summed E-state index contributed by atoms with van der Waals surface area (Å²) in [6, 6.07) is 7.65. The summed E-state index contributed by atoms with van der Waals surface area (Å²) < 4.78 is 8.29. The second-order valence-corrected chi connectivity index (χ2v) is 4.77. The first-order chi connectivity index (χ1) is 8.65. The molecule has 0 aliphatic heterocycles. The van der Waals surface area contributed by atoms with Crippen molar-refractivity contribution in [2.45, 2.75) is 13.5 Å². The van der Waals surface area contributed by atoms with Crippen LogP contribution >= 0.6 is 15.9 Å². The molecule has 0 amide bonds. The highest BCUT2D eigenvalue weighted by atomic mass is 79.9. The van der Waals surface area contributed by atoms with Crippen LogP contribution in [0.1, 0.15) is 17.3 Å². The van der Waals surface area contributed by atoms with E-state index in [1.54, 1.807) is 17.1 Å². The van der Waals surface area contributed by atoms with E-state index >= 15 is 0 Å². The standard InChI is InChI=1S/C13H13BrN2O2/c1-10(17)11-8-15-16(9-11)6-7-18-13-4-2-12(14)3-5-13/h2-5,8-9H,6-7H2,1H3. The van der Waals surface area contributed by atoms with E-state index in [-0.39, 0.29) is 5.78 Å². The zero-order valence-electron chi connectivity index (χ0n) is 9.97. The third-order valence-electron chi connectivity index (χ3n) is 2.44. The van der Waals surface area contributed by atoms with Gasteiger partial charge in [-0.15, -0.1) is 0 Å². The molecule has 0 saturated heterocycles. The second-order valence-electron chi connectivity index (χ2n) is 3.85. The Kier molecular flexibility index (Phi) is 4.15. The summed E-state index contributed by atoms with van der Waals surface area (Å²) >= 11 is 3.37. The molecule has 0 aliphatic carbocycles. The minimum absolute atomic E-state index is 0.0232. The normalized spacial score (nSPS) is 10.3. The van der Waals surface area contributed by atoms with E-state index < -0.39 is 0 Å². The van der Waals surface area contributed by atoms with Crippen LogP contribution in [0.25, 0.3) is 0 Å². The van der Waals surface area contributed by atoms with Gasteiger partial charge >= 0.3 is 0 Å². The molecular formula is C13H13BrN2O2. The molecule has 0 fully saturated rings. The number of carbonyl (C=O) groups is 1. The second kappa shape index (κ2) is 5.82. The van der Waals surface area contributed by atoms with Gasteiger partial charge in [0.1, 0.15) is 12.4 Å². The maximum absolute atomic E-state index is 11.1. The molecule has 2 rings (SSSR count). The monoisotopic (exact) mass is 308 g/mol. The van der Waals surface area contributed by atoms with Crippen LogP contribution < -0.4 is 4.74 Å². The third-order valence-corrected chi connectivity index (χ3v) is 2.97. The molecule has 18 heavy (non-hydrogen) atoms. The molecule has 4 nitrogen and oxygen atoms in total. The van der Waals surface area contributed by atoms with Crippen molar-refractivity contribution in [3.63, 3.8) is 0 Å². The lowest BCUT2D eigenvalue weighted by atomic mass is 10.3. The largest absolute Gasteiger partial charge is 0.492 e. The predicted molar refractivity (Wildman–Crippen MR) is 71.9 cm³/mol. The fraction of sp³-hybridized carbons (Fsp3) is 0.231. The van der Waals surface area contributed by atoms with Crippen molar-refractivity contribution in [2.75, 3.05) is 6.61 Å². The number of ketones is 1. The average Bonchev–Trinajstić information content (AvgIpc) is 2.81. The lowest BCUT2D eigenvalue weighted by Gasteiger charge is -2.06. The van der Waals surface area contributed by atoms with Gasteiger partial charge in [-0.2, -0.15) is 5.10 Å². The van der Waals surface area contributed by atoms with Crippen LogP contribution in [0.3, 0.4) is 0 Å². The van der Waals surface area contributed by atoms with E-state index in [9.17, 15) is 4.79 Å². The Hall–Kier alpha value is -1.62. The van der Waals surface area contributed by atoms with Gasteiger partial charge in [0.25, 0.3) is 0 Å². The summed E-state index contributed by atoms with van der Waals surface area (Å²) in [7, 11) is 0. The van der Waals surface area contributed by atoms with Crippen LogP contribution in [0.15, 0.2) is 41.1 Å². The number of aromatic nitrogens is 2. The SMILES string of the molecule is CC(=O)c1cnn(CCOc2ccc(Br)cc2)c1. The van der Waals surface area contributed by atoms with Crippen LogP contribution in [0.5, 0.6) is 5.75 Å². The number of nitrogens with zero attached hydrogens (tertiary/aromatic N) is 2. The molecule has 5 heteroatoms. The van der Waals surface area contributed by atoms with Crippen molar-refractivity contribution in [1.29, 1.82) is 0 Å². The van der Waals surface area contributed by atoms with Gasteiger partial charge in [-0.25, -0.2) is 0 Å². The molecule has 1 heterocycles. The number of Topliss-reactive ketones (excluding diaryl/α,β-unsaturated/α-hetero) is 1. The summed E-state index contributed by atoms with van der Waals surface area (Å²) in [6.07, 6.45) is 3.30. The highest BCUT2D eigenvalue weighted by Crippen LogP contribution is 2.15. The van der Waals surface area contributed by atoms with E-state index in [1.807, 2.05) is 24.3 Å². The Morgan fingerprint density at radius 1 is 1.39 bits per heavy atom. The molecule has 0 atom stereocenters. The minimum atomic E-state index is 0.0232. The van der Waals surface area contributed by atoms with Gasteiger partial charge in [0.15, 0.2) is 5.78 Å². The zero-order chi connectivity index (χ0) is 13.0. The number of benzene rings is 1. The maximum Gasteiger partial charge on any atom is 0.162 e. The Morgan fingerprint density at radius 2 is 2.11 bits per heavy atom. The molecule has 0 saturated carbocycles. The average molecular weight is 309 g/mol. The predicted octanol–water partition coefficient (Wildman–Crippen LogP) is 2.93. The quantitative estimate of drug-likeness (QED) is 0.798. The molecule has 1 aromatic heterocycles. The Balaban J connectivity index is 1.84. The van der Waals surface area contributed by atoms with Gasteiger partial charge in [0.2, 0.25) is 0 Å². The van der Waals surface area contributed by atoms with E-state index in [2.05, 4.69) is 21.0 Å². The van der Waals surface area contributed by atoms with Crippen LogP contribution in [-0.2, 0) is 6.54 Å².